The van der Waals surface area contributed by atoms with Gasteiger partial charge in [-0.1, -0.05) is 24.3 Å². The molecule has 0 aromatic heterocycles. The number of benzene rings is 2. The van der Waals surface area contributed by atoms with E-state index in [1.807, 2.05) is 0 Å². The number of hydrogen-bond donors (Lipinski definition) is 1. The number of hydrogen-bond acceptors (Lipinski definition) is 4. The second-order valence-corrected chi connectivity index (χ2v) is 4.41. The molecule has 0 aliphatic carbocycles. The van der Waals surface area contributed by atoms with E-state index in [0.29, 0.717) is 17.9 Å². The Balaban J connectivity index is 1.96. The largest absolute Gasteiger partial charge is 0.489 e. The first-order valence-corrected chi connectivity index (χ1v) is 6.33. The molecule has 4 nitrogen and oxygen atoms in total. The van der Waals surface area contributed by atoms with Crippen LogP contribution >= 0.6 is 0 Å². The van der Waals surface area contributed by atoms with Crippen molar-refractivity contribution >= 4 is 5.97 Å². The van der Waals surface area contributed by atoms with Gasteiger partial charge < -0.3 is 14.6 Å². The Morgan fingerprint density at radius 3 is 2.33 bits per heavy atom. The summed E-state index contributed by atoms with van der Waals surface area (Å²) < 4.78 is 22.8. The zero-order chi connectivity index (χ0) is 15.2. The minimum atomic E-state index is -1.30. The highest BCUT2D eigenvalue weighted by Crippen LogP contribution is 2.19. The van der Waals surface area contributed by atoms with Crippen LogP contribution in [0.25, 0.3) is 0 Å². The van der Waals surface area contributed by atoms with Crippen LogP contribution in [0, 0.1) is 5.82 Å². The molecule has 0 aliphatic rings. The van der Waals surface area contributed by atoms with Crippen molar-refractivity contribution in [2.75, 3.05) is 7.11 Å². The Hall–Kier alpha value is -2.40. The zero-order valence-electron chi connectivity index (χ0n) is 11.5. The van der Waals surface area contributed by atoms with Crippen LogP contribution in [0.2, 0.25) is 0 Å². The molecular formula is C16H15FO4. The Bertz CT molecular complexity index is 593. The molecule has 1 unspecified atom stereocenters. The number of carbonyl (C=O) groups excluding carboxylic acids is 1. The number of carbonyl (C=O) groups is 1. The van der Waals surface area contributed by atoms with E-state index in [9.17, 15) is 14.3 Å². The average Bonchev–Trinajstić information content (AvgIpc) is 2.53. The molecule has 0 bridgehead atoms. The predicted octanol–water partition coefficient (Wildman–Crippen LogP) is 2.61. The molecular weight excluding hydrogens is 275 g/mol. The smallest absolute Gasteiger partial charge is 0.339 e. The number of esters is 1. The third kappa shape index (κ3) is 4.03. The lowest BCUT2D eigenvalue weighted by Gasteiger charge is -2.10. The molecule has 0 spiro atoms. The summed E-state index contributed by atoms with van der Waals surface area (Å²) in [5, 5.41) is 9.66. The van der Waals surface area contributed by atoms with Gasteiger partial charge in [0.25, 0.3) is 0 Å². The maximum absolute atomic E-state index is 12.8. The Labute approximate surface area is 121 Å². The van der Waals surface area contributed by atoms with Gasteiger partial charge in [0.15, 0.2) is 6.10 Å². The lowest BCUT2D eigenvalue weighted by molar-refractivity contribution is -0.150. The molecule has 0 saturated heterocycles. The van der Waals surface area contributed by atoms with E-state index < -0.39 is 12.1 Å². The van der Waals surface area contributed by atoms with Crippen LogP contribution in [0.15, 0.2) is 48.5 Å². The SMILES string of the molecule is COC(=O)C(O)c1ccc(OCc2ccc(F)cc2)cc1. The van der Waals surface area contributed by atoms with Crippen molar-refractivity contribution in [3.63, 3.8) is 0 Å². The molecule has 0 heterocycles. The fourth-order valence-corrected chi connectivity index (χ4v) is 1.74. The van der Waals surface area contributed by atoms with E-state index in [2.05, 4.69) is 4.74 Å². The van der Waals surface area contributed by atoms with Crippen molar-refractivity contribution in [1.82, 2.24) is 0 Å². The van der Waals surface area contributed by atoms with E-state index in [1.165, 1.54) is 19.2 Å². The van der Waals surface area contributed by atoms with Crippen molar-refractivity contribution in [3.05, 3.63) is 65.5 Å². The van der Waals surface area contributed by atoms with E-state index in [-0.39, 0.29) is 5.82 Å². The van der Waals surface area contributed by atoms with Gasteiger partial charge in [-0.15, -0.1) is 0 Å². The molecule has 5 heteroatoms. The summed E-state index contributed by atoms with van der Waals surface area (Å²) in [5.74, 6) is -0.421. The van der Waals surface area contributed by atoms with Gasteiger partial charge in [-0.25, -0.2) is 9.18 Å². The van der Waals surface area contributed by atoms with Gasteiger partial charge in [0, 0.05) is 0 Å². The molecule has 0 saturated carbocycles. The number of aliphatic hydroxyl groups excluding tert-OH is 1. The average molecular weight is 290 g/mol. The fourth-order valence-electron chi connectivity index (χ4n) is 1.74. The predicted molar refractivity (Wildman–Crippen MR) is 74.1 cm³/mol. The number of rotatable bonds is 5. The van der Waals surface area contributed by atoms with Crippen molar-refractivity contribution in [2.45, 2.75) is 12.7 Å². The molecule has 0 aliphatic heterocycles. The maximum atomic E-state index is 12.8. The van der Waals surface area contributed by atoms with Gasteiger partial charge >= 0.3 is 5.97 Å². The van der Waals surface area contributed by atoms with Gasteiger partial charge in [-0.2, -0.15) is 0 Å². The first-order chi connectivity index (χ1) is 10.1. The minimum Gasteiger partial charge on any atom is -0.489 e. The van der Waals surface area contributed by atoms with E-state index in [1.54, 1.807) is 36.4 Å². The van der Waals surface area contributed by atoms with Crippen LogP contribution in [0.3, 0.4) is 0 Å². The van der Waals surface area contributed by atoms with E-state index in [4.69, 9.17) is 4.74 Å². The number of aliphatic hydroxyl groups is 1. The summed E-state index contributed by atoms with van der Waals surface area (Å²) in [6.45, 7) is 0.305. The van der Waals surface area contributed by atoms with Crippen LogP contribution in [-0.2, 0) is 16.1 Å². The highest BCUT2D eigenvalue weighted by atomic mass is 19.1. The van der Waals surface area contributed by atoms with Gasteiger partial charge in [0.05, 0.1) is 7.11 Å². The first kappa shape index (κ1) is 15.0. The van der Waals surface area contributed by atoms with Crippen molar-refractivity contribution in [1.29, 1.82) is 0 Å². The lowest BCUT2D eigenvalue weighted by atomic mass is 10.1. The minimum absolute atomic E-state index is 0.292. The monoisotopic (exact) mass is 290 g/mol. The molecule has 1 atom stereocenters. The zero-order valence-corrected chi connectivity index (χ0v) is 11.5. The molecule has 110 valence electrons. The van der Waals surface area contributed by atoms with E-state index >= 15 is 0 Å². The first-order valence-electron chi connectivity index (χ1n) is 6.33. The van der Waals surface area contributed by atoms with E-state index in [0.717, 1.165) is 5.56 Å². The summed E-state index contributed by atoms with van der Waals surface area (Å²) in [5.41, 5.74) is 1.27. The van der Waals surface area contributed by atoms with Crippen molar-refractivity contribution in [2.24, 2.45) is 0 Å². The van der Waals surface area contributed by atoms with Gasteiger partial charge in [0.2, 0.25) is 0 Å². The summed E-state index contributed by atoms with van der Waals surface area (Å²) in [4.78, 5) is 11.2. The molecule has 21 heavy (non-hydrogen) atoms. The molecule has 0 radical (unpaired) electrons. The molecule has 0 amide bonds. The molecule has 2 aromatic rings. The molecule has 0 fully saturated rings. The molecule has 1 N–H and O–H groups in total. The highest BCUT2D eigenvalue weighted by Gasteiger charge is 2.17. The van der Waals surface area contributed by atoms with Gasteiger partial charge in [0.1, 0.15) is 18.2 Å². The number of ether oxygens (including phenoxy) is 2. The third-order valence-corrected chi connectivity index (χ3v) is 2.94. The van der Waals surface area contributed by atoms with Crippen molar-refractivity contribution < 1.29 is 23.8 Å². The fraction of sp³-hybridized carbons (Fsp3) is 0.188. The quantitative estimate of drug-likeness (QED) is 0.860. The Morgan fingerprint density at radius 2 is 1.76 bits per heavy atom. The normalized spacial score (nSPS) is 11.8. The van der Waals surface area contributed by atoms with Crippen LogP contribution in [0.5, 0.6) is 5.75 Å². The van der Waals surface area contributed by atoms with Crippen LogP contribution in [0.4, 0.5) is 4.39 Å². The second-order valence-electron chi connectivity index (χ2n) is 4.41. The lowest BCUT2D eigenvalue weighted by Crippen LogP contribution is -2.13. The summed E-state index contributed by atoms with van der Waals surface area (Å²) in [7, 11) is 1.21. The Morgan fingerprint density at radius 1 is 1.14 bits per heavy atom. The van der Waals surface area contributed by atoms with Crippen LogP contribution in [0.1, 0.15) is 17.2 Å². The summed E-state index contributed by atoms with van der Waals surface area (Å²) in [6.07, 6.45) is -1.30. The summed E-state index contributed by atoms with van der Waals surface area (Å²) in [6, 6.07) is 12.5. The number of methoxy groups -OCH3 is 1. The van der Waals surface area contributed by atoms with Gasteiger partial charge in [-0.05, 0) is 35.4 Å². The Kier molecular flexibility index (Phi) is 4.90. The summed E-state index contributed by atoms with van der Waals surface area (Å²) >= 11 is 0. The van der Waals surface area contributed by atoms with Gasteiger partial charge in [-0.3, -0.25) is 0 Å². The maximum Gasteiger partial charge on any atom is 0.339 e. The highest BCUT2D eigenvalue weighted by molar-refractivity contribution is 5.76. The van der Waals surface area contributed by atoms with Crippen LogP contribution < -0.4 is 4.74 Å². The molecule has 2 aromatic carbocycles. The molecule has 2 rings (SSSR count). The standard InChI is InChI=1S/C16H15FO4/c1-20-16(19)15(18)12-4-8-14(9-5-12)21-10-11-2-6-13(17)7-3-11/h2-9,15,18H,10H2,1H3. The third-order valence-electron chi connectivity index (χ3n) is 2.94. The van der Waals surface area contributed by atoms with Crippen molar-refractivity contribution in [3.8, 4) is 5.75 Å². The van der Waals surface area contributed by atoms with Crippen LogP contribution in [-0.4, -0.2) is 18.2 Å². The number of halogens is 1. The second kappa shape index (κ2) is 6.85. The topological polar surface area (TPSA) is 55.8 Å².